The van der Waals surface area contributed by atoms with Crippen molar-refractivity contribution in [2.45, 2.75) is 142 Å². The minimum atomic E-state index is -4.64. The van der Waals surface area contributed by atoms with E-state index in [4.69, 9.17) is 35.6 Å². The first-order chi connectivity index (χ1) is 16.1. The molecule has 0 saturated carbocycles. The zero-order valence-electron chi connectivity index (χ0n) is 22.3. The summed E-state index contributed by atoms with van der Waals surface area (Å²) >= 11 is 6.79. The van der Waals surface area contributed by atoms with Gasteiger partial charge in [0.25, 0.3) is 0 Å². The molecule has 0 aliphatic carbocycles. The number of rotatable bonds is 24. The van der Waals surface area contributed by atoms with Crippen molar-refractivity contribution in [1.29, 1.82) is 0 Å². The summed E-state index contributed by atoms with van der Waals surface area (Å²) in [5.74, 6) is 0.947. The fourth-order valence-electron chi connectivity index (χ4n) is 3.58. The molecule has 0 aromatic heterocycles. The number of unbranched alkanes of at least 4 members (excludes halogenated alkanes) is 18. The second-order valence-corrected chi connectivity index (χ2v) is 16.3. The van der Waals surface area contributed by atoms with Crippen LogP contribution >= 0.6 is 24.9 Å². The topological polar surface area (TPSA) is 107 Å². The Balaban J connectivity index is -0.000000661. The summed E-state index contributed by atoms with van der Waals surface area (Å²) in [7, 11) is -4.64. The van der Waals surface area contributed by atoms with Crippen LogP contribution in [0.15, 0.2) is 0 Å². The Bertz CT molecular complexity index is 481. The van der Waals surface area contributed by atoms with E-state index in [0.717, 1.165) is 18.6 Å². The first-order valence-corrected chi connectivity index (χ1v) is 19.4. The van der Waals surface area contributed by atoms with Gasteiger partial charge >= 0.3 is 37.4 Å². The molecule has 4 N–H and O–H groups in total. The predicted molar refractivity (Wildman–Crippen MR) is 160 cm³/mol. The molecule has 0 amide bonds. The third kappa shape index (κ3) is 49.6. The zero-order valence-corrected chi connectivity index (χ0v) is 27.7. The van der Waals surface area contributed by atoms with Crippen LogP contribution in [0.1, 0.15) is 142 Å². The van der Waals surface area contributed by atoms with Crippen molar-refractivity contribution in [2.24, 2.45) is 0 Å². The number of hydrogen-bond donors (Lipinski definition) is 4. The standard InChI is InChI=1S/C24H51O2PS2.Mo.Na.H3O4P.H/c1-3-5-7-9-11-13-15-17-19-21-23-26-27(25,28)29-24-22-20-18-16-14-12-10-8-6-4-2;;;1-5(2,3)4;/h3-24H2,1-2H3,(H,25,28);;;(H3,1,2,3,4);. The van der Waals surface area contributed by atoms with Crippen molar-refractivity contribution in [3.05, 3.63) is 0 Å². The molecule has 0 spiro atoms. The second-order valence-electron chi connectivity index (χ2n) is 9.01. The van der Waals surface area contributed by atoms with Gasteiger partial charge in [-0.15, -0.1) is 0 Å². The molecule has 1 atom stereocenters. The van der Waals surface area contributed by atoms with Gasteiger partial charge in [-0.3, -0.25) is 0 Å². The first-order valence-electron chi connectivity index (χ1n) is 13.5. The average molecular weight is 685 g/mol. The van der Waals surface area contributed by atoms with Gasteiger partial charge in [0.05, 0.1) is 6.61 Å². The van der Waals surface area contributed by atoms with Crippen LogP contribution in [0.4, 0.5) is 0 Å². The van der Waals surface area contributed by atoms with E-state index in [-0.39, 0.29) is 50.6 Å². The molecule has 0 fully saturated rings. The van der Waals surface area contributed by atoms with Gasteiger partial charge in [-0.2, -0.15) is 0 Å². The Morgan fingerprint density at radius 2 is 0.889 bits per heavy atom. The summed E-state index contributed by atoms with van der Waals surface area (Å²) in [6, 6.07) is 0. The number of hydrogen-bond acceptors (Lipinski definition) is 4. The Hall–Kier alpha value is 2.72. The van der Waals surface area contributed by atoms with E-state index >= 15 is 0 Å². The normalized spacial score (nSPS) is 12.6. The van der Waals surface area contributed by atoms with Gasteiger partial charge in [-0.1, -0.05) is 141 Å². The average Bonchev–Trinajstić information content (AvgIpc) is 2.74. The fraction of sp³-hybridized carbons (Fsp3) is 1.00. The molecule has 0 saturated heterocycles. The maximum atomic E-state index is 10.3. The summed E-state index contributed by atoms with van der Waals surface area (Å²) in [4.78, 5) is 31.8. The van der Waals surface area contributed by atoms with Gasteiger partial charge in [0, 0.05) is 26.8 Å². The molecule has 0 aliphatic rings. The van der Waals surface area contributed by atoms with Crippen molar-refractivity contribution < 1.29 is 49.7 Å². The minimum absolute atomic E-state index is 0. The van der Waals surface area contributed by atoms with Gasteiger partial charge in [-0.05, 0) is 24.6 Å². The van der Waals surface area contributed by atoms with E-state index in [2.05, 4.69) is 13.8 Å². The molecule has 0 heterocycles. The predicted octanol–water partition coefficient (Wildman–Crippen LogP) is 8.22. The van der Waals surface area contributed by atoms with Crippen molar-refractivity contribution in [1.82, 2.24) is 0 Å². The third-order valence-electron chi connectivity index (χ3n) is 5.50. The molecule has 0 rings (SSSR count). The molecule has 36 heavy (non-hydrogen) atoms. The molecule has 216 valence electrons. The van der Waals surface area contributed by atoms with E-state index in [1.165, 1.54) is 127 Å². The summed E-state index contributed by atoms with van der Waals surface area (Å²) in [5, 5.41) is 0. The van der Waals surface area contributed by atoms with Gasteiger partial charge in [0.15, 0.2) is 0 Å². The van der Waals surface area contributed by atoms with E-state index in [1.54, 1.807) is 0 Å². The molecular formula is C24H55MoNaO6P2S2. The molecular weight excluding hydrogens is 629 g/mol. The zero-order chi connectivity index (χ0) is 26.0. The molecule has 12 heteroatoms. The van der Waals surface area contributed by atoms with Crippen LogP contribution in [0.2, 0.25) is 0 Å². The van der Waals surface area contributed by atoms with E-state index in [0.29, 0.717) is 6.61 Å². The molecule has 1 unspecified atom stereocenters. The first kappa shape index (κ1) is 45.7. The molecule has 6 nitrogen and oxygen atoms in total. The fourth-order valence-corrected chi connectivity index (χ4v) is 7.00. The quantitative estimate of drug-likeness (QED) is 0.0458. The summed E-state index contributed by atoms with van der Waals surface area (Å²) in [6.45, 7) is 5.17. The molecule has 0 aromatic carbocycles. The molecule has 0 bridgehead atoms. The van der Waals surface area contributed by atoms with Crippen molar-refractivity contribution >= 4 is 66.3 Å². The Labute approximate surface area is 268 Å². The van der Waals surface area contributed by atoms with Crippen LogP contribution in [-0.4, -0.2) is 61.5 Å². The number of phosphoric acid groups is 1. The van der Waals surface area contributed by atoms with Crippen molar-refractivity contribution in [2.75, 3.05) is 12.4 Å². The summed E-state index contributed by atoms with van der Waals surface area (Å²) < 4.78 is 14.5. The van der Waals surface area contributed by atoms with Crippen LogP contribution < -0.4 is 0 Å². The SMILES string of the molecule is CCCCCCCCCCCCOP(O)(=S)SCCCCCCCCCCCC.O=P(O)(O)O.[Mo].[NaH]. The van der Waals surface area contributed by atoms with Gasteiger partial charge in [0.1, 0.15) is 0 Å². The Kier molecular flexibility index (Phi) is 43.1. The van der Waals surface area contributed by atoms with Crippen LogP contribution in [0.25, 0.3) is 0 Å². The van der Waals surface area contributed by atoms with Crippen LogP contribution in [0, 0.1) is 0 Å². The van der Waals surface area contributed by atoms with Crippen LogP contribution in [0.3, 0.4) is 0 Å². The third-order valence-corrected chi connectivity index (χ3v) is 9.92. The van der Waals surface area contributed by atoms with E-state index in [9.17, 15) is 4.89 Å². The maximum absolute atomic E-state index is 10.3. The van der Waals surface area contributed by atoms with Gasteiger partial charge in [-0.25, -0.2) is 4.57 Å². The van der Waals surface area contributed by atoms with E-state index in [1.807, 2.05) is 0 Å². The van der Waals surface area contributed by atoms with Gasteiger partial charge < -0.3 is 24.1 Å². The monoisotopic (exact) mass is 686 g/mol. The molecule has 0 radical (unpaired) electrons. The Morgan fingerprint density at radius 1 is 0.611 bits per heavy atom. The van der Waals surface area contributed by atoms with Crippen LogP contribution in [-0.2, 0) is 42.0 Å². The van der Waals surface area contributed by atoms with Crippen LogP contribution in [0.5, 0.6) is 0 Å². The van der Waals surface area contributed by atoms with E-state index < -0.39 is 13.5 Å². The van der Waals surface area contributed by atoms with Gasteiger partial charge in [0.2, 0.25) is 5.69 Å². The molecule has 0 aromatic rings. The Morgan fingerprint density at radius 3 is 1.22 bits per heavy atom. The van der Waals surface area contributed by atoms with Crippen molar-refractivity contribution in [3.8, 4) is 0 Å². The van der Waals surface area contributed by atoms with Crippen molar-refractivity contribution in [3.63, 3.8) is 0 Å². The molecule has 0 aliphatic heterocycles. The summed E-state index contributed by atoms with van der Waals surface area (Å²) in [5.41, 5.74) is -2.60. The summed E-state index contributed by atoms with van der Waals surface area (Å²) in [6.07, 6.45) is 26.6. The second kappa shape index (κ2) is 33.9.